The van der Waals surface area contributed by atoms with Crippen molar-refractivity contribution in [2.24, 2.45) is 0 Å². The Hall–Kier alpha value is 1.39. The first-order chi connectivity index (χ1) is 20.2. The fraction of sp³-hybridized carbons (Fsp3) is 0.400. The van der Waals surface area contributed by atoms with E-state index in [1.54, 1.807) is 11.8 Å². The summed E-state index contributed by atoms with van der Waals surface area (Å²) in [6, 6.07) is 25.5. The molecule has 0 unspecified atom stereocenters. The van der Waals surface area contributed by atoms with Crippen molar-refractivity contribution in [3.63, 3.8) is 0 Å². The summed E-state index contributed by atoms with van der Waals surface area (Å²) in [6.07, 6.45) is 0. The van der Waals surface area contributed by atoms with Crippen LogP contribution >= 0.6 is 131 Å². The Labute approximate surface area is 299 Å². The van der Waals surface area contributed by atoms with Crippen molar-refractivity contribution in [2.45, 2.75) is 29.4 Å². The Kier molecular flexibility index (Phi) is 25.0. The third-order valence-electron chi connectivity index (χ3n) is 4.96. The molecule has 0 saturated carbocycles. The minimum Gasteiger partial charge on any atom is -0.160 e. The van der Waals surface area contributed by atoms with Gasteiger partial charge < -0.3 is 0 Å². The van der Waals surface area contributed by atoms with E-state index in [0.717, 1.165) is 33.1 Å². The Morgan fingerprint density at radius 1 is 0.488 bits per heavy atom. The normalized spacial score (nSPS) is 14.9. The van der Waals surface area contributed by atoms with Crippen LogP contribution in [-0.2, 0) is 0 Å². The van der Waals surface area contributed by atoms with Crippen molar-refractivity contribution < 1.29 is 0 Å². The van der Waals surface area contributed by atoms with Crippen molar-refractivity contribution in [1.82, 2.24) is 0 Å². The summed E-state index contributed by atoms with van der Waals surface area (Å²) in [5.74, 6) is 13.3. The average molecular weight is 758 g/mol. The van der Waals surface area contributed by atoms with E-state index in [0.29, 0.717) is 0 Å². The number of fused-ring (bicyclic) bond motifs is 2. The van der Waals surface area contributed by atoms with Crippen LogP contribution in [0.2, 0.25) is 0 Å². The zero-order chi connectivity index (χ0) is 29.4. The molecule has 41 heavy (non-hydrogen) atoms. The van der Waals surface area contributed by atoms with Crippen LogP contribution in [-0.4, -0.2) is 69.3 Å². The highest BCUT2D eigenvalue weighted by molar-refractivity contribution is 8.06. The predicted octanol–water partition coefficient (Wildman–Crippen LogP) is 11.7. The maximum atomic E-state index is 5.37. The SMILES string of the molecule is ClCCSCCCl.Sc1ccccc1S.c1ccc2c(c1)SCCSCCSc1ccccc1SCCSCCS2. The van der Waals surface area contributed by atoms with Gasteiger partial charge in [-0.2, -0.15) is 35.3 Å². The van der Waals surface area contributed by atoms with Crippen LogP contribution in [0, 0.1) is 0 Å². The molecule has 1 aliphatic rings. The lowest BCUT2D eigenvalue weighted by Crippen LogP contribution is -1.93. The molecule has 0 nitrogen and oxygen atoms in total. The molecule has 0 aromatic heterocycles. The maximum Gasteiger partial charge on any atom is 0.0314 e. The zero-order valence-corrected chi connectivity index (χ0v) is 31.9. The van der Waals surface area contributed by atoms with Gasteiger partial charge in [-0.05, 0) is 36.4 Å². The van der Waals surface area contributed by atoms with Gasteiger partial charge in [0.2, 0.25) is 0 Å². The highest BCUT2D eigenvalue weighted by Crippen LogP contribution is 2.34. The maximum absolute atomic E-state index is 5.37. The molecule has 0 amide bonds. The minimum absolute atomic E-state index is 0.738. The quantitative estimate of drug-likeness (QED) is 0.153. The number of alkyl halides is 2. The van der Waals surface area contributed by atoms with Crippen molar-refractivity contribution in [2.75, 3.05) is 69.3 Å². The van der Waals surface area contributed by atoms with Crippen LogP contribution in [0.1, 0.15) is 0 Å². The molecule has 1 heterocycles. The highest BCUT2D eigenvalue weighted by Gasteiger charge is 2.06. The van der Waals surface area contributed by atoms with Gasteiger partial charge in [0.1, 0.15) is 0 Å². The van der Waals surface area contributed by atoms with E-state index in [2.05, 4.69) is 97.3 Å². The number of thiol groups is 2. The van der Waals surface area contributed by atoms with Crippen LogP contribution in [0.5, 0.6) is 0 Å². The van der Waals surface area contributed by atoms with Crippen molar-refractivity contribution in [3.05, 3.63) is 72.8 Å². The molecule has 11 heteroatoms. The molecular formula is C30H38Cl2S9. The fourth-order valence-corrected chi connectivity index (χ4v) is 11.3. The van der Waals surface area contributed by atoms with E-state index in [1.165, 1.54) is 65.6 Å². The van der Waals surface area contributed by atoms with Crippen LogP contribution < -0.4 is 0 Å². The molecule has 0 fully saturated rings. The number of halogens is 2. The second kappa shape index (κ2) is 26.6. The lowest BCUT2D eigenvalue weighted by molar-refractivity contribution is 1.24. The molecule has 226 valence electrons. The molecule has 0 radical (unpaired) electrons. The predicted molar refractivity (Wildman–Crippen MR) is 210 cm³/mol. The summed E-state index contributed by atoms with van der Waals surface area (Å²) >= 11 is 33.0. The lowest BCUT2D eigenvalue weighted by atomic mass is 10.4. The van der Waals surface area contributed by atoms with E-state index in [4.69, 9.17) is 23.2 Å². The second-order valence-corrected chi connectivity index (χ2v) is 17.9. The molecule has 0 N–H and O–H groups in total. The minimum atomic E-state index is 0.738. The van der Waals surface area contributed by atoms with Gasteiger partial charge in [0.15, 0.2) is 0 Å². The van der Waals surface area contributed by atoms with Crippen LogP contribution in [0.4, 0.5) is 0 Å². The van der Waals surface area contributed by atoms with Gasteiger partial charge in [0.25, 0.3) is 0 Å². The number of benzene rings is 3. The van der Waals surface area contributed by atoms with Gasteiger partial charge >= 0.3 is 0 Å². The Bertz CT molecular complexity index is 935. The van der Waals surface area contributed by atoms with Gasteiger partial charge in [-0.15, -0.1) is 95.5 Å². The Morgan fingerprint density at radius 2 is 0.780 bits per heavy atom. The summed E-state index contributed by atoms with van der Waals surface area (Å²) in [7, 11) is 0. The Balaban J connectivity index is 0.000000320. The zero-order valence-electron chi connectivity index (χ0n) is 22.9. The highest BCUT2D eigenvalue weighted by atomic mass is 35.5. The molecule has 4 rings (SSSR count). The largest absolute Gasteiger partial charge is 0.160 e. The molecule has 3 aromatic rings. The molecule has 0 saturated heterocycles. The monoisotopic (exact) mass is 756 g/mol. The molecule has 0 bridgehead atoms. The van der Waals surface area contributed by atoms with Crippen LogP contribution in [0.25, 0.3) is 0 Å². The molecule has 3 aromatic carbocycles. The number of hydrogen-bond donors (Lipinski definition) is 2. The van der Waals surface area contributed by atoms with Crippen molar-refractivity contribution >= 4 is 131 Å². The van der Waals surface area contributed by atoms with E-state index in [9.17, 15) is 0 Å². The van der Waals surface area contributed by atoms with E-state index in [1.807, 2.05) is 71.3 Å². The van der Waals surface area contributed by atoms with Gasteiger partial charge in [-0.1, -0.05) is 36.4 Å². The summed E-state index contributed by atoms with van der Waals surface area (Å²) in [5.41, 5.74) is 0. The number of hydrogen-bond acceptors (Lipinski definition) is 9. The van der Waals surface area contributed by atoms with Gasteiger partial charge in [0, 0.05) is 98.7 Å². The van der Waals surface area contributed by atoms with Gasteiger partial charge in [-0.3, -0.25) is 0 Å². The molecule has 0 aliphatic carbocycles. The van der Waals surface area contributed by atoms with Crippen LogP contribution in [0.15, 0.2) is 102 Å². The standard InChI is InChI=1S/C20H24S6.C6H6S2.C4H8Cl2S/c1-2-6-18-17(5-1)23-13-9-21-11-15-25-19-7-3-4-8-20(19)26-16-12-22-10-14-24-18;7-5-3-1-2-4-6(5)8;5-1-3-7-4-2-6/h1-8H,9-16H2;1-4,7-8H;1-4H2. The summed E-state index contributed by atoms with van der Waals surface area (Å²) in [5, 5.41) is 0. The van der Waals surface area contributed by atoms with Crippen molar-refractivity contribution in [1.29, 1.82) is 0 Å². The van der Waals surface area contributed by atoms with Gasteiger partial charge in [0.05, 0.1) is 0 Å². The first-order valence-corrected chi connectivity index (χ1v) is 22.5. The van der Waals surface area contributed by atoms with E-state index >= 15 is 0 Å². The molecular weight excluding hydrogens is 720 g/mol. The summed E-state index contributed by atoms with van der Waals surface area (Å²) in [6.45, 7) is 0. The lowest BCUT2D eigenvalue weighted by Gasteiger charge is -2.11. The first-order valence-electron chi connectivity index (χ1n) is 13.2. The second-order valence-electron chi connectivity index (χ2n) is 7.99. The average Bonchev–Trinajstić information content (AvgIpc) is 2.99. The van der Waals surface area contributed by atoms with E-state index in [-0.39, 0.29) is 0 Å². The summed E-state index contributed by atoms with van der Waals surface area (Å²) in [4.78, 5) is 7.70. The molecule has 0 spiro atoms. The first kappa shape index (κ1) is 38.6. The Morgan fingerprint density at radius 3 is 1.05 bits per heavy atom. The van der Waals surface area contributed by atoms with E-state index < -0.39 is 0 Å². The van der Waals surface area contributed by atoms with Gasteiger partial charge in [-0.25, -0.2) is 0 Å². The van der Waals surface area contributed by atoms with Crippen molar-refractivity contribution in [3.8, 4) is 0 Å². The number of thioether (sulfide) groups is 7. The smallest absolute Gasteiger partial charge is 0.0314 e. The topological polar surface area (TPSA) is 0 Å². The summed E-state index contributed by atoms with van der Waals surface area (Å²) < 4.78 is 0. The molecule has 1 aliphatic heterocycles. The fourth-order valence-electron chi connectivity index (χ4n) is 3.10. The third kappa shape index (κ3) is 18.8. The molecule has 0 atom stereocenters. The number of rotatable bonds is 4. The van der Waals surface area contributed by atoms with Crippen LogP contribution in [0.3, 0.4) is 0 Å². The third-order valence-corrected chi connectivity index (χ3v) is 15.3.